The van der Waals surface area contributed by atoms with E-state index >= 15 is 0 Å². The van der Waals surface area contributed by atoms with Crippen LogP contribution in [0.3, 0.4) is 0 Å². The highest BCUT2D eigenvalue weighted by Crippen LogP contribution is 2.34. The minimum Gasteiger partial charge on any atom is -0.385 e. The molecule has 1 aliphatic rings. The number of amides is 3. The van der Waals surface area contributed by atoms with Gasteiger partial charge in [0.2, 0.25) is 0 Å². The van der Waals surface area contributed by atoms with Crippen LogP contribution in [0.2, 0.25) is 0 Å². The summed E-state index contributed by atoms with van der Waals surface area (Å²) >= 11 is 0. The molecule has 1 aliphatic heterocycles. The van der Waals surface area contributed by atoms with Crippen LogP contribution in [0, 0.1) is 0 Å². The SMILES string of the molecule is COCCCNC(=O)NCc1ccc2c(c1)N(C(=O)c1ccccc1)[C@H](C)C2. The molecule has 3 rings (SSSR count). The van der Waals surface area contributed by atoms with E-state index in [-0.39, 0.29) is 18.0 Å². The van der Waals surface area contributed by atoms with E-state index in [9.17, 15) is 9.59 Å². The molecule has 2 N–H and O–H groups in total. The number of methoxy groups -OCH3 is 1. The van der Waals surface area contributed by atoms with Gasteiger partial charge in [0.15, 0.2) is 0 Å². The zero-order valence-electron chi connectivity index (χ0n) is 16.4. The third-order valence-corrected chi connectivity index (χ3v) is 4.87. The Morgan fingerprint density at radius 3 is 2.68 bits per heavy atom. The van der Waals surface area contributed by atoms with Gasteiger partial charge in [-0.15, -0.1) is 0 Å². The van der Waals surface area contributed by atoms with Crippen molar-refractivity contribution < 1.29 is 14.3 Å². The number of fused-ring (bicyclic) bond motifs is 1. The molecule has 0 saturated heterocycles. The van der Waals surface area contributed by atoms with E-state index in [0.717, 1.165) is 29.7 Å². The van der Waals surface area contributed by atoms with Crippen LogP contribution >= 0.6 is 0 Å². The topological polar surface area (TPSA) is 70.7 Å². The quantitative estimate of drug-likeness (QED) is 0.724. The molecule has 1 heterocycles. The van der Waals surface area contributed by atoms with Crippen LogP contribution in [-0.2, 0) is 17.7 Å². The zero-order chi connectivity index (χ0) is 19.9. The van der Waals surface area contributed by atoms with Gasteiger partial charge in [0.1, 0.15) is 0 Å². The average molecular weight is 381 g/mol. The normalized spacial score (nSPS) is 15.2. The summed E-state index contributed by atoms with van der Waals surface area (Å²) < 4.78 is 4.96. The fraction of sp³-hybridized carbons (Fsp3) is 0.364. The van der Waals surface area contributed by atoms with Crippen molar-refractivity contribution in [1.82, 2.24) is 10.6 Å². The lowest BCUT2D eigenvalue weighted by atomic mass is 10.1. The fourth-order valence-electron chi connectivity index (χ4n) is 3.46. The first-order chi connectivity index (χ1) is 13.6. The second kappa shape index (κ2) is 9.37. The van der Waals surface area contributed by atoms with E-state index in [4.69, 9.17) is 4.74 Å². The van der Waals surface area contributed by atoms with Gasteiger partial charge in [-0.1, -0.05) is 30.3 Å². The first kappa shape index (κ1) is 19.9. The molecule has 2 aromatic rings. The molecule has 148 valence electrons. The number of anilines is 1. The van der Waals surface area contributed by atoms with Crippen LogP contribution < -0.4 is 15.5 Å². The number of hydrogen-bond donors (Lipinski definition) is 2. The van der Waals surface area contributed by atoms with Crippen LogP contribution in [-0.4, -0.2) is 38.2 Å². The molecule has 2 aromatic carbocycles. The molecule has 0 saturated carbocycles. The van der Waals surface area contributed by atoms with Gasteiger partial charge < -0.3 is 20.3 Å². The molecule has 6 heteroatoms. The number of urea groups is 1. The van der Waals surface area contributed by atoms with Gasteiger partial charge in [0.05, 0.1) is 0 Å². The van der Waals surface area contributed by atoms with E-state index in [0.29, 0.717) is 25.3 Å². The molecule has 1 atom stereocenters. The largest absolute Gasteiger partial charge is 0.385 e. The number of nitrogens with one attached hydrogen (secondary N) is 2. The lowest BCUT2D eigenvalue weighted by Crippen LogP contribution is -2.36. The molecule has 0 fully saturated rings. The molecule has 0 spiro atoms. The molecule has 3 amide bonds. The number of ether oxygens (including phenoxy) is 1. The summed E-state index contributed by atoms with van der Waals surface area (Å²) in [5.74, 6) is 0.00726. The second-order valence-corrected chi connectivity index (χ2v) is 7.01. The first-order valence-electron chi connectivity index (χ1n) is 9.61. The van der Waals surface area contributed by atoms with Crippen LogP contribution in [0.1, 0.15) is 34.8 Å². The van der Waals surface area contributed by atoms with Gasteiger partial charge in [-0.05, 0) is 49.1 Å². The highest BCUT2D eigenvalue weighted by molar-refractivity contribution is 6.07. The van der Waals surface area contributed by atoms with Crippen LogP contribution in [0.5, 0.6) is 0 Å². The van der Waals surface area contributed by atoms with Crippen molar-refractivity contribution in [2.24, 2.45) is 0 Å². The molecule has 0 aliphatic carbocycles. The van der Waals surface area contributed by atoms with E-state index in [1.807, 2.05) is 47.4 Å². The predicted octanol–water partition coefficient (Wildman–Crippen LogP) is 3.11. The van der Waals surface area contributed by atoms with Gasteiger partial charge in [0, 0.05) is 44.1 Å². The summed E-state index contributed by atoms with van der Waals surface area (Å²) in [5.41, 5.74) is 3.73. The highest BCUT2D eigenvalue weighted by Gasteiger charge is 2.31. The molecule has 0 radical (unpaired) electrons. The summed E-state index contributed by atoms with van der Waals surface area (Å²) in [7, 11) is 1.64. The standard InChI is InChI=1S/C22H27N3O3/c1-16-13-19-10-9-17(15-24-22(27)23-11-6-12-28-2)14-20(19)25(16)21(26)18-7-4-3-5-8-18/h3-5,7-10,14,16H,6,11-13,15H2,1-2H3,(H2,23,24,27)/t16-/m1/s1. The summed E-state index contributed by atoms with van der Waals surface area (Å²) in [6.07, 6.45) is 1.61. The van der Waals surface area contributed by atoms with Gasteiger partial charge in [-0.2, -0.15) is 0 Å². The first-order valence-corrected chi connectivity index (χ1v) is 9.61. The monoisotopic (exact) mass is 381 g/mol. The number of hydrogen-bond acceptors (Lipinski definition) is 3. The number of carbonyl (C=O) groups is 2. The van der Waals surface area contributed by atoms with Crippen molar-refractivity contribution in [3.05, 3.63) is 65.2 Å². The maximum absolute atomic E-state index is 13.0. The highest BCUT2D eigenvalue weighted by atomic mass is 16.5. The predicted molar refractivity (Wildman–Crippen MR) is 110 cm³/mol. The molecule has 6 nitrogen and oxygen atoms in total. The van der Waals surface area contributed by atoms with Gasteiger partial charge >= 0.3 is 6.03 Å². The van der Waals surface area contributed by atoms with Crippen molar-refractivity contribution in [2.75, 3.05) is 25.2 Å². The summed E-state index contributed by atoms with van der Waals surface area (Å²) in [4.78, 5) is 26.8. The van der Waals surface area contributed by atoms with Crippen LogP contribution in [0.25, 0.3) is 0 Å². The molecule has 0 unspecified atom stereocenters. The maximum Gasteiger partial charge on any atom is 0.315 e. The smallest absolute Gasteiger partial charge is 0.315 e. The minimum atomic E-state index is -0.206. The zero-order valence-corrected chi connectivity index (χ0v) is 16.4. The Balaban J connectivity index is 1.66. The minimum absolute atomic E-state index is 0.00726. The lowest BCUT2D eigenvalue weighted by Gasteiger charge is -2.23. The Bertz CT molecular complexity index is 823. The summed E-state index contributed by atoms with van der Waals surface area (Å²) in [6.45, 7) is 3.66. The van der Waals surface area contributed by atoms with Crippen LogP contribution in [0.15, 0.2) is 48.5 Å². The van der Waals surface area contributed by atoms with E-state index in [2.05, 4.69) is 23.6 Å². The summed E-state index contributed by atoms with van der Waals surface area (Å²) in [6, 6.07) is 15.3. The van der Waals surface area contributed by atoms with Crippen molar-refractivity contribution in [3.8, 4) is 0 Å². The molecule has 28 heavy (non-hydrogen) atoms. The summed E-state index contributed by atoms with van der Waals surface area (Å²) in [5, 5.41) is 5.66. The average Bonchev–Trinajstić information content (AvgIpc) is 3.04. The van der Waals surface area contributed by atoms with Gasteiger partial charge in [-0.3, -0.25) is 4.79 Å². The molecule has 0 bridgehead atoms. The third kappa shape index (κ3) is 4.70. The van der Waals surface area contributed by atoms with E-state index in [1.54, 1.807) is 7.11 Å². The Labute approximate surface area is 165 Å². The fourth-order valence-corrected chi connectivity index (χ4v) is 3.46. The Kier molecular flexibility index (Phi) is 6.66. The van der Waals surface area contributed by atoms with E-state index < -0.39 is 0 Å². The van der Waals surface area contributed by atoms with E-state index in [1.165, 1.54) is 0 Å². The van der Waals surface area contributed by atoms with Gasteiger partial charge in [0.25, 0.3) is 5.91 Å². The second-order valence-electron chi connectivity index (χ2n) is 7.01. The third-order valence-electron chi connectivity index (χ3n) is 4.87. The van der Waals surface area contributed by atoms with Crippen molar-refractivity contribution >= 4 is 17.6 Å². The van der Waals surface area contributed by atoms with Crippen molar-refractivity contribution in [3.63, 3.8) is 0 Å². The van der Waals surface area contributed by atoms with Gasteiger partial charge in [-0.25, -0.2) is 4.79 Å². The number of benzene rings is 2. The number of rotatable bonds is 7. The molecular weight excluding hydrogens is 354 g/mol. The lowest BCUT2D eigenvalue weighted by molar-refractivity contribution is 0.0981. The Hall–Kier alpha value is -2.86. The number of carbonyl (C=O) groups excluding carboxylic acids is 2. The van der Waals surface area contributed by atoms with Crippen molar-refractivity contribution in [1.29, 1.82) is 0 Å². The maximum atomic E-state index is 13.0. The Morgan fingerprint density at radius 1 is 1.14 bits per heavy atom. The van der Waals surface area contributed by atoms with Crippen LogP contribution in [0.4, 0.5) is 10.5 Å². The Morgan fingerprint density at radius 2 is 1.93 bits per heavy atom. The molecule has 0 aromatic heterocycles. The van der Waals surface area contributed by atoms with Crippen molar-refractivity contribution in [2.45, 2.75) is 32.4 Å². The molecular formula is C22H27N3O3. The number of nitrogens with zero attached hydrogens (tertiary/aromatic N) is 1.